The summed E-state index contributed by atoms with van der Waals surface area (Å²) < 4.78 is 5.88. The van der Waals surface area contributed by atoms with E-state index in [1.54, 1.807) is 0 Å². The molecule has 0 aromatic rings. The monoisotopic (exact) mass is 828 g/mol. The van der Waals surface area contributed by atoms with Crippen LogP contribution in [0, 0.1) is 0 Å². The molecule has 0 saturated carbocycles. The van der Waals surface area contributed by atoms with Crippen molar-refractivity contribution in [1.29, 1.82) is 0 Å². The maximum atomic E-state index is 13.2. The molecule has 1 amide bonds. The van der Waals surface area contributed by atoms with Crippen LogP contribution in [0.25, 0.3) is 0 Å². The molecule has 344 valence electrons. The molecule has 0 aliphatic heterocycles. The number of nitrogens with one attached hydrogen (secondary N) is 1. The van der Waals surface area contributed by atoms with Crippen LogP contribution in [0.1, 0.15) is 252 Å². The lowest BCUT2D eigenvalue weighted by Gasteiger charge is -2.24. The van der Waals surface area contributed by atoms with Gasteiger partial charge >= 0.3 is 5.97 Å². The van der Waals surface area contributed by atoms with E-state index < -0.39 is 18.2 Å². The highest BCUT2D eigenvalue weighted by atomic mass is 16.5. The summed E-state index contributed by atoms with van der Waals surface area (Å²) in [6.45, 7) is 6.34. The molecule has 0 fully saturated rings. The molecule has 6 heteroatoms. The van der Waals surface area contributed by atoms with E-state index in [1.165, 1.54) is 128 Å². The Kier molecular flexibility index (Phi) is 45.1. The summed E-state index contributed by atoms with van der Waals surface area (Å²) >= 11 is 0. The topological polar surface area (TPSA) is 95.9 Å². The molecule has 3 unspecified atom stereocenters. The van der Waals surface area contributed by atoms with Crippen molar-refractivity contribution in [3.05, 3.63) is 48.6 Å². The van der Waals surface area contributed by atoms with E-state index in [1.807, 2.05) is 0 Å². The molecule has 0 aliphatic rings. The SMILES string of the molecule is CC/C=C/C/C=C/C/C=C/C/C=C/CCCC(CC(=O)NC(CO)C(O)CCCCCCCCCCCCCCCCCCC)OC(=O)CCCCCCCCCCC. The van der Waals surface area contributed by atoms with Gasteiger partial charge < -0.3 is 20.3 Å². The summed E-state index contributed by atoms with van der Waals surface area (Å²) in [5.41, 5.74) is 0. The minimum absolute atomic E-state index is 0.0417. The van der Waals surface area contributed by atoms with Gasteiger partial charge in [-0.1, -0.05) is 230 Å². The van der Waals surface area contributed by atoms with Crippen molar-refractivity contribution in [1.82, 2.24) is 5.32 Å². The van der Waals surface area contributed by atoms with Crippen LogP contribution in [0.3, 0.4) is 0 Å². The Morgan fingerprint density at radius 3 is 1.36 bits per heavy atom. The Labute approximate surface area is 366 Å². The van der Waals surface area contributed by atoms with Gasteiger partial charge in [0.2, 0.25) is 5.91 Å². The minimum Gasteiger partial charge on any atom is -0.462 e. The first kappa shape index (κ1) is 56.8. The fraction of sp³-hybridized carbons (Fsp3) is 0.811. The Balaban J connectivity index is 4.54. The minimum atomic E-state index is -0.800. The Morgan fingerprint density at radius 1 is 0.508 bits per heavy atom. The average Bonchev–Trinajstić information content (AvgIpc) is 3.23. The maximum Gasteiger partial charge on any atom is 0.306 e. The quantitative estimate of drug-likeness (QED) is 0.0323. The van der Waals surface area contributed by atoms with Crippen molar-refractivity contribution in [2.45, 2.75) is 270 Å². The molecule has 3 N–H and O–H groups in total. The highest BCUT2D eigenvalue weighted by Crippen LogP contribution is 2.17. The van der Waals surface area contributed by atoms with E-state index in [9.17, 15) is 19.8 Å². The van der Waals surface area contributed by atoms with Gasteiger partial charge in [-0.3, -0.25) is 9.59 Å². The van der Waals surface area contributed by atoms with Crippen LogP contribution in [0.2, 0.25) is 0 Å². The van der Waals surface area contributed by atoms with Crippen molar-refractivity contribution in [3.8, 4) is 0 Å². The number of carbonyl (C=O) groups is 2. The third kappa shape index (κ3) is 42.3. The van der Waals surface area contributed by atoms with Gasteiger partial charge in [0.1, 0.15) is 6.10 Å². The van der Waals surface area contributed by atoms with Gasteiger partial charge in [0.05, 0.1) is 25.2 Å². The van der Waals surface area contributed by atoms with Crippen molar-refractivity contribution in [2.24, 2.45) is 0 Å². The summed E-state index contributed by atoms with van der Waals surface area (Å²) in [6.07, 6.45) is 56.1. The Morgan fingerprint density at radius 2 is 0.915 bits per heavy atom. The lowest BCUT2D eigenvalue weighted by molar-refractivity contribution is -0.151. The summed E-state index contributed by atoms with van der Waals surface area (Å²) in [4.78, 5) is 26.0. The average molecular weight is 828 g/mol. The van der Waals surface area contributed by atoms with Crippen LogP contribution in [0.15, 0.2) is 48.6 Å². The van der Waals surface area contributed by atoms with E-state index >= 15 is 0 Å². The second kappa shape index (κ2) is 46.9. The molecule has 0 heterocycles. The molecule has 0 bridgehead atoms. The van der Waals surface area contributed by atoms with E-state index in [-0.39, 0.29) is 24.9 Å². The normalized spacial score (nSPS) is 13.6. The first-order valence-electron chi connectivity index (χ1n) is 25.4. The van der Waals surface area contributed by atoms with Gasteiger partial charge in [-0.2, -0.15) is 0 Å². The summed E-state index contributed by atoms with van der Waals surface area (Å²) in [7, 11) is 0. The fourth-order valence-corrected chi connectivity index (χ4v) is 7.60. The zero-order chi connectivity index (χ0) is 43.1. The highest BCUT2D eigenvalue weighted by Gasteiger charge is 2.24. The van der Waals surface area contributed by atoms with Gasteiger partial charge in [-0.25, -0.2) is 0 Å². The number of allylic oxidation sites excluding steroid dienone is 8. The predicted molar refractivity (Wildman–Crippen MR) is 255 cm³/mol. The molecule has 0 aromatic heterocycles. The molecular weight excluding hydrogens is 731 g/mol. The van der Waals surface area contributed by atoms with E-state index in [4.69, 9.17) is 4.74 Å². The van der Waals surface area contributed by atoms with Crippen LogP contribution < -0.4 is 5.32 Å². The number of esters is 1. The molecule has 6 nitrogen and oxygen atoms in total. The van der Waals surface area contributed by atoms with Gasteiger partial charge in [0.15, 0.2) is 0 Å². The number of rotatable bonds is 45. The third-order valence-electron chi connectivity index (χ3n) is 11.4. The standard InChI is InChI=1S/C53H97NO5/c1-4-7-10-13-16-19-21-23-25-26-27-29-31-34-36-39-42-45-51(56)50(48-55)54-52(57)47-49(59-53(58)46-43-40-37-32-18-15-12-9-6-3)44-41-38-35-33-30-28-24-22-20-17-14-11-8-5-2/h8,11,17,20,24,28,33,35,49-51,55-56H,4-7,9-10,12-16,18-19,21-23,25-27,29-32,34,36-48H2,1-3H3,(H,54,57)/b11-8+,20-17+,28-24+,35-33+. The van der Waals surface area contributed by atoms with Crippen molar-refractivity contribution in [2.75, 3.05) is 6.61 Å². The van der Waals surface area contributed by atoms with Crippen LogP contribution in [-0.4, -0.2) is 46.9 Å². The van der Waals surface area contributed by atoms with Crippen LogP contribution in [0.5, 0.6) is 0 Å². The number of aliphatic hydroxyl groups is 2. The molecule has 0 radical (unpaired) electrons. The zero-order valence-electron chi connectivity index (χ0n) is 39.1. The number of hydrogen-bond donors (Lipinski definition) is 3. The molecule has 0 saturated heterocycles. The molecule has 0 rings (SSSR count). The molecule has 0 aromatic carbocycles. The van der Waals surface area contributed by atoms with Crippen molar-refractivity contribution < 1.29 is 24.5 Å². The maximum absolute atomic E-state index is 13.2. The number of carbonyl (C=O) groups excluding carboxylic acids is 2. The lowest BCUT2D eigenvalue weighted by Crippen LogP contribution is -2.46. The highest BCUT2D eigenvalue weighted by molar-refractivity contribution is 5.77. The summed E-state index contributed by atoms with van der Waals surface area (Å²) in [5, 5.41) is 23.7. The van der Waals surface area contributed by atoms with E-state index in [0.29, 0.717) is 19.3 Å². The largest absolute Gasteiger partial charge is 0.462 e. The zero-order valence-corrected chi connectivity index (χ0v) is 39.1. The molecule has 3 atom stereocenters. The number of amides is 1. The van der Waals surface area contributed by atoms with Gasteiger partial charge in [-0.15, -0.1) is 0 Å². The molecular formula is C53H97NO5. The van der Waals surface area contributed by atoms with E-state index in [0.717, 1.165) is 77.0 Å². The first-order chi connectivity index (χ1) is 29.0. The first-order valence-corrected chi connectivity index (χ1v) is 25.4. The van der Waals surface area contributed by atoms with Crippen LogP contribution in [0.4, 0.5) is 0 Å². The summed E-state index contributed by atoms with van der Waals surface area (Å²) in [5.74, 6) is -0.526. The molecule has 0 spiro atoms. The number of hydrogen-bond acceptors (Lipinski definition) is 5. The Hall–Kier alpha value is -2.18. The van der Waals surface area contributed by atoms with Gasteiger partial charge in [0.25, 0.3) is 0 Å². The number of unbranched alkanes of at least 4 members (excludes halogenated alkanes) is 25. The Bertz CT molecular complexity index is 1020. The second-order valence-electron chi connectivity index (χ2n) is 17.2. The summed E-state index contributed by atoms with van der Waals surface area (Å²) in [6, 6.07) is -0.716. The van der Waals surface area contributed by atoms with E-state index in [2.05, 4.69) is 74.7 Å². The predicted octanol–water partition coefficient (Wildman–Crippen LogP) is 15.1. The second-order valence-corrected chi connectivity index (χ2v) is 17.2. The molecule has 59 heavy (non-hydrogen) atoms. The number of aliphatic hydroxyl groups excluding tert-OH is 2. The fourth-order valence-electron chi connectivity index (χ4n) is 7.60. The van der Waals surface area contributed by atoms with Crippen LogP contribution in [-0.2, 0) is 14.3 Å². The number of ether oxygens (including phenoxy) is 1. The van der Waals surface area contributed by atoms with Gasteiger partial charge in [-0.05, 0) is 57.8 Å². The third-order valence-corrected chi connectivity index (χ3v) is 11.4. The molecule has 0 aliphatic carbocycles. The van der Waals surface area contributed by atoms with Crippen LogP contribution >= 0.6 is 0 Å². The van der Waals surface area contributed by atoms with Gasteiger partial charge in [0, 0.05) is 6.42 Å². The van der Waals surface area contributed by atoms with Crippen molar-refractivity contribution in [3.63, 3.8) is 0 Å². The van der Waals surface area contributed by atoms with Crippen molar-refractivity contribution >= 4 is 11.9 Å². The smallest absolute Gasteiger partial charge is 0.306 e. The lowest BCUT2D eigenvalue weighted by atomic mass is 10.0.